The van der Waals surface area contributed by atoms with E-state index < -0.39 is 5.97 Å². The largest absolute Gasteiger partial charge is 0.494 e. The molecule has 2 heterocycles. The summed E-state index contributed by atoms with van der Waals surface area (Å²) in [4.78, 5) is 26.5. The number of hydrogen-bond acceptors (Lipinski definition) is 6. The Labute approximate surface area is 173 Å². The van der Waals surface area contributed by atoms with Crippen LogP contribution >= 0.6 is 11.6 Å². The molecule has 1 N–H and O–H groups in total. The molecule has 0 unspecified atom stereocenters. The minimum Gasteiger partial charge on any atom is -0.494 e. The number of carboxylic acids is 1. The molecule has 0 fully saturated rings. The Bertz CT molecular complexity index is 1080. The van der Waals surface area contributed by atoms with Crippen molar-refractivity contribution in [1.29, 1.82) is 0 Å². The molecule has 0 bridgehead atoms. The maximum atomic E-state index is 11.1. The van der Waals surface area contributed by atoms with E-state index in [1.165, 1.54) is 13.2 Å². The fourth-order valence-electron chi connectivity index (χ4n) is 3.13. The average molecular weight is 413 g/mol. The minimum atomic E-state index is -1.05. The second-order valence-electron chi connectivity index (χ2n) is 6.21. The Morgan fingerprint density at radius 2 is 2.00 bits per heavy atom. The maximum Gasteiger partial charge on any atom is 0.328 e. The van der Waals surface area contributed by atoms with Gasteiger partial charge in [-0.15, -0.1) is 0 Å². The lowest BCUT2D eigenvalue weighted by molar-refractivity contribution is -0.131. The predicted octanol–water partition coefficient (Wildman–Crippen LogP) is 4.30. The fraction of sp³-hybridized carbons (Fsp3) is 0.238. The molecule has 0 atom stereocenters. The molecule has 0 aliphatic rings. The number of fused-ring (bicyclic) bond motifs is 1. The number of nitrogens with zero attached hydrogens (tertiary/aromatic N) is 4. The van der Waals surface area contributed by atoms with Gasteiger partial charge in [-0.05, 0) is 37.6 Å². The van der Waals surface area contributed by atoms with Gasteiger partial charge in [-0.3, -0.25) is 4.98 Å². The number of carboxylic acid groups (broad SMARTS) is 1. The van der Waals surface area contributed by atoms with E-state index in [2.05, 4.69) is 9.97 Å². The van der Waals surface area contributed by atoms with Gasteiger partial charge in [-0.2, -0.15) is 0 Å². The molecule has 0 saturated carbocycles. The van der Waals surface area contributed by atoms with E-state index in [0.717, 1.165) is 35.7 Å². The van der Waals surface area contributed by atoms with Crippen molar-refractivity contribution >= 4 is 40.5 Å². The number of pyridine rings is 1. The predicted molar refractivity (Wildman–Crippen MR) is 115 cm³/mol. The molecule has 7 nitrogen and oxygen atoms in total. The molecule has 150 valence electrons. The molecule has 1 aromatic carbocycles. The second kappa shape index (κ2) is 8.87. The third-order valence-electron chi connectivity index (χ3n) is 4.52. The number of aliphatic carboxylic acids is 1. The lowest BCUT2D eigenvalue weighted by Crippen LogP contribution is -2.24. The van der Waals surface area contributed by atoms with Gasteiger partial charge in [-0.25, -0.2) is 14.8 Å². The quantitative estimate of drug-likeness (QED) is 0.579. The van der Waals surface area contributed by atoms with Gasteiger partial charge in [0.1, 0.15) is 5.52 Å². The zero-order chi connectivity index (χ0) is 21.0. The summed E-state index contributed by atoms with van der Waals surface area (Å²) in [5.74, 6) is 0.00650. The highest BCUT2D eigenvalue weighted by molar-refractivity contribution is 6.30. The topological polar surface area (TPSA) is 88.4 Å². The molecule has 0 saturated heterocycles. The van der Waals surface area contributed by atoms with Gasteiger partial charge in [0.15, 0.2) is 5.75 Å². The monoisotopic (exact) mass is 412 g/mol. The molecule has 2 aromatic heterocycles. The van der Waals surface area contributed by atoms with Crippen molar-refractivity contribution in [2.24, 2.45) is 0 Å². The number of anilines is 1. The number of benzene rings is 1. The van der Waals surface area contributed by atoms with Gasteiger partial charge >= 0.3 is 5.97 Å². The van der Waals surface area contributed by atoms with Crippen LogP contribution in [-0.4, -0.2) is 46.2 Å². The molecular weight excluding hydrogens is 392 g/mol. The Hall–Kier alpha value is -3.19. The summed E-state index contributed by atoms with van der Waals surface area (Å²) in [6.07, 6.45) is 7.55. The van der Waals surface area contributed by atoms with Crippen LogP contribution in [0.25, 0.3) is 28.1 Å². The second-order valence-corrected chi connectivity index (χ2v) is 6.65. The SMILES string of the molecule is CCN(CC)c1ncc2c(-c3cncc(Cl)c3)cc(/C=C/C(=O)O)c(OC)c2n1. The van der Waals surface area contributed by atoms with E-state index in [1.807, 2.05) is 24.8 Å². The zero-order valence-corrected chi connectivity index (χ0v) is 17.1. The fourth-order valence-corrected chi connectivity index (χ4v) is 3.31. The number of hydrogen-bond donors (Lipinski definition) is 1. The van der Waals surface area contributed by atoms with Crippen LogP contribution in [-0.2, 0) is 4.79 Å². The van der Waals surface area contributed by atoms with E-state index in [0.29, 0.717) is 27.8 Å². The van der Waals surface area contributed by atoms with E-state index in [-0.39, 0.29) is 0 Å². The van der Waals surface area contributed by atoms with Crippen molar-refractivity contribution in [3.05, 3.63) is 47.4 Å². The van der Waals surface area contributed by atoms with Gasteiger partial charge in [0.05, 0.1) is 12.1 Å². The van der Waals surface area contributed by atoms with Gasteiger partial charge in [0.2, 0.25) is 5.95 Å². The van der Waals surface area contributed by atoms with Gasteiger partial charge in [-0.1, -0.05) is 11.6 Å². The van der Waals surface area contributed by atoms with Gasteiger partial charge < -0.3 is 14.7 Å². The van der Waals surface area contributed by atoms with Crippen LogP contribution in [0.3, 0.4) is 0 Å². The lowest BCUT2D eigenvalue weighted by atomic mass is 9.98. The van der Waals surface area contributed by atoms with Crippen molar-refractivity contribution < 1.29 is 14.6 Å². The first kappa shape index (κ1) is 20.5. The van der Waals surface area contributed by atoms with E-state index in [4.69, 9.17) is 26.4 Å². The van der Waals surface area contributed by atoms with Crippen molar-refractivity contribution in [2.75, 3.05) is 25.1 Å². The van der Waals surface area contributed by atoms with Crippen LogP contribution < -0.4 is 9.64 Å². The average Bonchev–Trinajstić information content (AvgIpc) is 2.72. The summed E-state index contributed by atoms with van der Waals surface area (Å²) < 4.78 is 5.61. The summed E-state index contributed by atoms with van der Waals surface area (Å²) >= 11 is 6.13. The molecular formula is C21H21ClN4O3. The molecule has 3 aromatic rings. The summed E-state index contributed by atoms with van der Waals surface area (Å²) in [7, 11) is 1.53. The van der Waals surface area contributed by atoms with Crippen LogP contribution in [0.5, 0.6) is 5.75 Å². The molecule has 0 amide bonds. The molecule has 0 aliphatic carbocycles. The van der Waals surface area contributed by atoms with Gasteiger partial charge in [0, 0.05) is 54.3 Å². The summed E-state index contributed by atoms with van der Waals surface area (Å²) in [5.41, 5.74) is 2.73. The van der Waals surface area contributed by atoms with Crippen LogP contribution in [0, 0.1) is 0 Å². The number of carbonyl (C=O) groups is 1. The number of aromatic nitrogens is 3. The summed E-state index contributed by atoms with van der Waals surface area (Å²) in [6.45, 7) is 5.58. The van der Waals surface area contributed by atoms with Crippen LogP contribution in [0.1, 0.15) is 19.4 Å². The van der Waals surface area contributed by atoms with Crippen LogP contribution in [0.15, 0.2) is 36.8 Å². The van der Waals surface area contributed by atoms with E-state index in [1.54, 1.807) is 24.7 Å². The minimum absolute atomic E-state index is 0.479. The Kier molecular flexibility index (Phi) is 6.29. The van der Waals surface area contributed by atoms with Gasteiger partial charge in [0.25, 0.3) is 0 Å². The zero-order valence-electron chi connectivity index (χ0n) is 16.4. The number of halogens is 1. The van der Waals surface area contributed by atoms with Crippen LogP contribution in [0.2, 0.25) is 5.02 Å². The number of rotatable bonds is 7. The molecule has 3 rings (SSSR count). The van der Waals surface area contributed by atoms with E-state index >= 15 is 0 Å². The Morgan fingerprint density at radius 3 is 2.62 bits per heavy atom. The normalized spacial score (nSPS) is 11.2. The highest BCUT2D eigenvalue weighted by Crippen LogP contribution is 2.38. The van der Waals surface area contributed by atoms with Crippen molar-refractivity contribution in [1.82, 2.24) is 15.0 Å². The number of ether oxygens (including phenoxy) is 1. The van der Waals surface area contributed by atoms with Crippen molar-refractivity contribution in [3.8, 4) is 16.9 Å². The van der Waals surface area contributed by atoms with Crippen molar-refractivity contribution in [2.45, 2.75) is 13.8 Å². The molecule has 0 aliphatic heterocycles. The first-order valence-corrected chi connectivity index (χ1v) is 9.50. The molecule has 29 heavy (non-hydrogen) atoms. The number of methoxy groups -OCH3 is 1. The first-order chi connectivity index (χ1) is 14.0. The molecule has 0 radical (unpaired) electrons. The Morgan fingerprint density at radius 1 is 1.24 bits per heavy atom. The highest BCUT2D eigenvalue weighted by Gasteiger charge is 2.17. The third kappa shape index (κ3) is 4.30. The summed E-state index contributed by atoms with van der Waals surface area (Å²) in [6, 6.07) is 3.62. The first-order valence-electron chi connectivity index (χ1n) is 9.13. The highest BCUT2D eigenvalue weighted by atomic mass is 35.5. The molecule has 0 spiro atoms. The smallest absolute Gasteiger partial charge is 0.328 e. The lowest BCUT2D eigenvalue weighted by Gasteiger charge is -2.20. The van der Waals surface area contributed by atoms with E-state index in [9.17, 15) is 4.79 Å². The molecule has 8 heteroatoms. The summed E-state index contributed by atoms with van der Waals surface area (Å²) in [5, 5.41) is 10.3. The Balaban J connectivity index is 2.36. The maximum absolute atomic E-state index is 11.1. The van der Waals surface area contributed by atoms with Crippen molar-refractivity contribution in [3.63, 3.8) is 0 Å². The standard InChI is InChI=1S/C21H21ClN4O3/c1-4-26(5-2)21-24-12-17-16(14-8-15(22)11-23-10-14)9-13(6-7-18(27)28)20(29-3)19(17)25-21/h6-12H,4-5H2,1-3H3,(H,27,28)/b7-6+. The van der Waals surface area contributed by atoms with Crippen LogP contribution in [0.4, 0.5) is 5.95 Å². The third-order valence-corrected chi connectivity index (χ3v) is 4.72.